The van der Waals surface area contributed by atoms with Gasteiger partial charge in [0.1, 0.15) is 5.82 Å². The van der Waals surface area contributed by atoms with Crippen molar-refractivity contribution in [2.45, 2.75) is 0 Å². The van der Waals surface area contributed by atoms with Crippen molar-refractivity contribution in [3.63, 3.8) is 0 Å². The first-order valence-electron chi connectivity index (χ1n) is 2.81. The van der Waals surface area contributed by atoms with E-state index in [0.29, 0.717) is 4.77 Å². The highest BCUT2D eigenvalue weighted by Crippen LogP contribution is 2.08. The number of rotatable bonds is 1. The Bertz CT molecular complexity index is 351. The van der Waals surface area contributed by atoms with Crippen LogP contribution in [0.15, 0.2) is 0 Å². The number of anilines is 1. The fourth-order valence-electron chi connectivity index (χ4n) is 0.695. The Morgan fingerprint density at radius 3 is 2.55 bits per heavy atom. The number of hydrogen-bond acceptors (Lipinski definition) is 3. The molecule has 0 saturated heterocycles. The lowest BCUT2D eigenvalue weighted by Gasteiger charge is -1.93. The van der Waals surface area contributed by atoms with Gasteiger partial charge in [0.15, 0.2) is 10.5 Å². The molecule has 6 heteroatoms. The Hall–Kier alpha value is -1.30. The smallest absolute Gasteiger partial charge is 0.356 e. The number of aromatic amines is 1. The van der Waals surface area contributed by atoms with Crippen LogP contribution in [0.1, 0.15) is 10.5 Å². The Morgan fingerprint density at radius 1 is 1.82 bits per heavy atom. The number of imidazole rings is 1. The van der Waals surface area contributed by atoms with E-state index in [9.17, 15) is 4.79 Å². The van der Waals surface area contributed by atoms with Gasteiger partial charge in [-0.2, -0.15) is 0 Å². The third kappa shape index (κ3) is 1.12. The second-order valence-corrected chi connectivity index (χ2v) is 2.44. The van der Waals surface area contributed by atoms with Crippen molar-refractivity contribution in [3.05, 3.63) is 10.5 Å². The molecule has 0 fully saturated rings. The third-order valence-electron chi connectivity index (χ3n) is 1.37. The zero-order chi connectivity index (χ0) is 8.59. The van der Waals surface area contributed by atoms with E-state index < -0.39 is 5.97 Å². The molecule has 0 saturated carbocycles. The van der Waals surface area contributed by atoms with Crippen LogP contribution in [0.5, 0.6) is 0 Å². The van der Waals surface area contributed by atoms with E-state index in [1.807, 2.05) is 0 Å². The quantitative estimate of drug-likeness (QED) is 0.535. The maximum Gasteiger partial charge on any atom is 0.356 e. The summed E-state index contributed by atoms with van der Waals surface area (Å²) in [7, 11) is 1.60. The normalized spacial score (nSPS) is 9.91. The van der Waals surface area contributed by atoms with Gasteiger partial charge in [-0.05, 0) is 12.2 Å². The first-order chi connectivity index (χ1) is 5.04. The minimum absolute atomic E-state index is 0.0579. The van der Waals surface area contributed by atoms with Gasteiger partial charge in [-0.25, -0.2) is 4.79 Å². The molecule has 5 nitrogen and oxygen atoms in total. The summed E-state index contributed by atoms with van der Waals surface area (Å²) in [6, 6.07) is 0. The molecule has 1 aromatic heterocycles. The molecule has 4 N–H and O–H groups in total. The molecular weight excluding hydrogens is 166 g/mol. The molecule has 60 valence electrons. The molecule has 0 aliphatic carbocycles. The molecule has 0 atom stereocenters. The average Bonchev–Trinajstić information content (AvgIpc) is 2.17. The zero-order valence-electron chi connectivity index (χ0n) is 5.79. The van der Waals surface area contributed by atoms with Crippen LogP contribution >= 0.6 is 12.2 Å². The summed E-state index contributed by atoms with van der Waals surface area (Å²) in [5.74, 6) is -0.961. The predicted octanol–water partition coefficient (Wildman–Crippen LogP) is 0.363. The van der Waals surface area contributed by atoms with Crippen molar-refractivity contribution in [1.29, 1.82) is 0 Å². The minimum Gasteiger partial charge on any atom is -0.476 e. The Labute approximate surface area is 67.5 Å². The summed E-state index contributed by atoms with van der Waals surface area (Å²) in [5, 5.41) is 8.53. The van der Waals surface area contributed by atoms with Gasteiger partial charge in [-0.3, -0.25) is 0 Å². The Morgan fingerprint density at radius 2 is 2.36 bits per heavy atom. The van der Waals surface area contributed by atoms with Crippen LogP contribution in [0.25, 0.3) is 0 Å². The van der Waals surface area contributed by atoms with Crippen LogP contribution < -0.4 is 5.73 Å². The van der Waals surface area contributed by atoms with Crippen molar-refractivity contribution < 1.29 is 9.90 Å². The average molecular weight is 173 g/mol. The van der Waals surface area contributed by atoms with E-state index in [-0.39, 0.29) is 11.5 Å². The number of H-pyrrole nitrogens is 1. The molecule has 0 aliphatic rings. The highest BCUT2D eigenvalue weighted by Gasteiger charge is 2.11. The van der Waals surface area contributed by atoms with Gasteiger partial charge in [-0.15, -0.1) is 0 Å². The summed E-state index contributed by atoms with van der Waals surface area (Å²) in [6.07, 6.45) is 0. The number of nitrogens with one attached hydrogen (secondary N) is 1. The number of aromatic nitrogens is 2. The molecule has 11 heavy (non-hydrogen) atoms. The standard InChI is InChI=1S/C5H7N3O2S/c1-8-3(6)2(4(9)10)7-5(8)11/h6H2,1H3,(H,7,11)(H,9,10). The van der Waals surface area contributed by atoms with Crippen molar-refractivity contribution in [1.82, 2.24) is 9.55 Å². The number of nitrogen functional groups attached to an aromatic ring is 1. The maximum absolute atomic E-state index is 10.4. The topological polar surface area (TPSA) is 84.0 Å². The van der Waals surface area contributed by atoms with Gasteiger partial charge in [0.2, 0.25) is 0 Å². The van der Waals surface area contributed by atoms with E-state index in [1.54, 1.807) is 7.05 Å². The maximum atomic E-state index is 10.4. The summed E-state index contributed by atoms with van der Waals surface area (Å²) >= 11 is 4.74. The Balaban J connectivity index is 3.42. The number of aromatic carboxylic acids is 1. The molecule has 0 unspecified atom stereocenters. The van der Waals surface area contributed by atoms with Gasteiger partial charge in [0.25, 0.3) is 0 Å². The number of carbonyl (C=O) groups is 1. The SMILES string of the molecule is Cn1c(N)c(C(=O)O)[nH]c1=S. The number of nitrogens with zero attached hydrogens (tertiary/aromatic N) is 1. The third-order valence-corrected chi connectivity index (χ3v) is 1.74. The fraction of sp³-hybridized carbons (Fsp3) is 0.200. The van der Waals surface area contributed by atoms with Crippen LogP contribution in [-0.2, 0) is 7.05 Å². The van der Waals surface area contributed by atoms with Gasteiger partial charge in [0, 0.05) is 7.05 Å². The van der Waals surface area contributed by atoms with Gasteiger partial charge in [-0.1, -0.05) is 0 Å². The molecule has 1 heterocycles. The summed E-state index contributed by atoms with van der Waals surface area (Å²) in [6.45, 7) is 0. The second-order valence-electron chi connectivity index (χ2n) is 2.05. The lowest BCUT2D eigenvalue weighted by Crippen LogP contribution is -2.03. The van der Waals surface area contributed by atoms with E-state index >= 15 is 0 Å². The molecule has 0 aliphatic heterocycles. The van der Waals surface area contributed by atoms with Crippen LogP contribution in [0, 0.1) is 4.77 Å². The number of carboxylic acids is 1. The molecule has 0 radical (unpaired) electrons. The molecule has 1 rings (SSSR count). The number of nitrogens with two attached hydrogens (primary N) is 1. The van der Waals surface area contributed by atoms with E-state index in [2.05, 4.69) is 4.98 Å². The molecule has 0 aromatic carbocycles. The predicted molar refractivity (Wildman–Crippen MR) is 42.0 cm³/mol. The monoisotopic (exact) mass is 173 g/mol. The van der Waals surface area contributed by atoms with Gasteiger partial charge < -0.3 is 20.4 Å². The minimum atomic E-state index is -1.10. The summed E-state index contributed by atoms with van der Waals surface area (Å²) in [5.41, 5.74) is 5.33. The molecular formula is C5H7N3O2S. The van der Waals surface area contributed by atoms with E-state index in [4.69, 9.17) is 23.1 Å². The van der Waals surface area contributed by atoms with Crippen molar-refractivity contribution in [2.75, 3.05) is 5.73 Å². The lowest BCUT2D eigenvalue weighted by atomic mass is 10.4. The summed E-state index contributed by atoms with van der Waals surface area (Å²) in [4.78, 5) is 12.9. The van der Waals surface area contributed by atoms with E-state index in [0.717, 1.165) is 0 Å². The van der Waals surface area contributed by atoms with Crippen LogP contribution in [0.3, 0.4) is 0 Å². The first kappa shape index (κ1) is 7.80. The van der Waals surface area contributed by atoms with Gasteiger partial charge in [0.05, 0.1) is 0 Å². The van der Waals surface area contributed by atoms with Crippen LogP contribution in [0.2, 0.25) is 0 Å². The highest BCUT2D eigenvalue weighted by molar-refractivity contribution is 7.71. The molecule has 0 spiro atoms. The largest absolute Gasteiger partial charge is 0.476 e. The first-order valence-corrected chi connectivity index (χ1v) is 3.22. The molecule has 0 amide bonds. The number of carboxylic acid groups (broad SMARTS) is 1. The van der Waals surface area contributed by atoms with E-state index in [1.165, 1.54) is 4.57 Å². The second kappa shape index (κ2) is 2.39. The highest BCUT2D eigenvalue weighted by atomic mass is 32.1. The number of hydrogen-bond donors (Lipinski definition) is 3. The van der Waals surface area contributed by atoms with Crippen LogP contribution in [0.4, 0.5) is 5.82 Å². The zero-order valence-corrected chi connectivity index (χ0v) is 6.60. The van der Waals surface area contributed by atoms with Crippen molar-refractivity contribution >= 4 is 24.0 Å². The lowest BCUT2D eigenvalue weighted by molar-refractivity contribution is 0.0692. The van der Waals surface area contributed by atoms with Crippen molar-refractivity contribution in [3.8, 4) is 0 Å². The fourth-order valence-corrected chi connectivity index (χ4v) is 0.895. The molecule has 1 aromatic rings. The molecule has 0 bridgehead atoms. The summed E-state index contributed by atoms with van der Waals surface area (Å²) < 4.78 is 1.71. The van der Waals surface area contributed by atoms with Crippen molar-refractivity contribution in [2.24, 2.45) is 7.05 Å². The Kier molecular flexibility index (Phi) is 1.69. The van der Waals surface area contributed by atoms with Crippen LogP contribution in [-0.4, -0.2) is 20.6 Å². The van der Waals surface area contributed by atoms with Gasteiger partial charge >= 0.3 is 5.97 Å².